The zero-order valence-electron chi connectivity index (χ0n) is 8.41. The van der Waals surface area contributed by atoms with Gasteiger partial charge in [0.05, 0.1) is 0 Å². The van der Waals surface area contributed by atoms with E-state index in [1.54, 1.807) is 0 Å². The summed E-state index contributed by atoms with van der Waals surface area (Å²) in [5, 5.41) is 0. The molecule has 2 nitrogen and oxygen atoms in total. The molecule has 0 saturated carbocycles. The third-order valence-corrected chi connectivity index (χ3v) is 3.33. The average molecular weight is 255 g/mol. The van der Waals surface area contributed by atoms with Crippen LogP contribution in [-0.4, -0.2) is 18.1 Å². The maximum atomic E-state index is 4.47. The highest BCUT2D eigenvalue weighted by molar-refractivity contribution is 9.10. The Hall–Kier alpha value is -0.570. The molecule has 1 aromatic rings. The van der Waals surface area contributed by atoms with E-state index in [0.717, 1.165) is 22.9 Å². The smallest absolute Gasteiger partial charge is 0.129 e. The molecule has 0 bridgehead atoms. The standard InChI is InChI=1S/C11H15BrN2/c1-2-9-6-7-14(8-9)11-5-3-4-10(12)13-11/h3-5,9H,2,6-8H2,1H3. The molecular weight excluding hydrogens is 240 g/mol. The van der Waals surface area contributed by atoms with Gasteiger partial charge in [0.2, 0.25) is 0 Å². The highest BCUT2D eigenvalue weighted by Gasteiger charge is 2.21. The van der Waals surface area contributed by atoms with Gasteiger partial charge in [-0.1, -0.05) is 19.4 Å². The zero-order valence-corrected chi connectivity index (χ0v) is 10.00. The van der Waals surface area contributed by atoms with Gasteiger partial charge in [0.25, 0.3) is 0 Å². The number of hydrogen-bond acceptors (Lipinski definition) is 2. The third kappa shape index (κ3) is 2.08. The lowest BCUT2D eigenvalue weighted by Crippen LogP contribution is -2.20. The van der Waals surface area contributed by atoms with Crippen molar-refractivity contribution in [1.82, 2.24) is 4.98 Å². The number of nitrogens with zero attached hydrogens (tertiary/aromatic N) is 2. The van der Waals surface area contributed by atoms with Gasteiger partial charge < -0.3 is 4.90 Å². The fraction of sp³-hybridized carbons (Fsp3) is 0.545. The van der Waals surface area contributed by atoms with Crippen molar-refractivity contribution >= 4 is 21.7 Å². The second-order valence-electron chi connectivity index (χ2n) is 3.83. The Morgan fingerprint density at radius 3 is 3.07 bits per heavy atom. The van der Waals surface area contributed by atoms with E-state index in [1.807, 2.05) is 12.1 Å². The Morgan fingerprint density at radius 1 is 1.57 bits per heavy atom. The molecule has 1 unspecified atom stereocenters. The SMILES string of the molecule is CCC1CCN(c2cccc(Br)n2)C1. The van der Waals surface area contributed by atoms with E-state index in [1.165, 1.54) is 19.4 Å². The second-order valence-corrected chi connectivity index (χ2v) is 4.64. The molecule has 0 aliphatic carbocycles. The van der Waals surface area contributed by atoms with Crippen molar-refractivity contribution < 1.29 is 0 Å². The van der Waals surface area contributed by atoms with E-state index in [-0.39, 0.29) is 0 Å². The predicted octanol–water partition coefficient (Wildman–Crippen LogP) is 3.08. The normalized spacial score (nSPS) is 21.6. The van der Waals surface area contributed by atoms with Crippen molar-refractivity contribution in [3.8, 4) is 0 Å². The molecule has 1 atom stereocenters. The van der Waals surface area contributed by atoms with Gasteiger partial charge in [0, 0.05) is 13.1 Å². The van der Waals surface area contributed by atoms with Gasteiger partial charge in [-0.3, -0.25) is 0 Å². The van der Waals surface area contributed by atoms with Crippen LogP contribution in [0.1, 0.15) is 19.8 Å². The number of anilines is 1. The van der Waals surface area contributed by atoms with Crippen molar-refractivity contribution in [3.05, 3.63) is 22.8 Å². The van der Waals surface area contributed by atoms with Gasteiger partial charge in [-0.05, 0) is 40.4 Å². The molecule has 0 aromatic carbocycles. The van der Waals surface area contributed by atoms with Gasteiger partial charge >= 0.3 is 0 Å². The average Bonchev–Trinajstić information content (AvgIpc) is 2.66. The van der Waals surface area contributed by atoms with Crippen LogP contribution in [-0.2, 0) is 0 Å². The van der Waals surface area contributed by atoms with Crippen LogP contribution in [0.15, 0.2) is 22.8 Å². The molecule has 0 spiro atoms. The Balaban J connectivity index is 2.09. The molecular formula is C11H15BrN2. The molecule has 0 amide bonds. The van der Waals surface area contributed by atoms with E-state index in [2.05, 4.69) is 38.8 Å². The summed E-state index contributed by atoms with van der Waals surface area (Å²) in [7, 11) is 0. The minimum atomic E-state index is 0.857. The van der Waals surface area contributed by atoms with Crippen LogP contribution in [0.3, 0.4) is 0 Å². The van der Waals surface area contributed by atoms with Gasteiger partial charge in [0.1, 0.15) is 10.4 Å². The lowest BCUT2D eigenvalue weighted by atomic mass is 10.1. The van der Waals surface area contributed by atoms with E-state index in [9.17, 15) is 0 Å². The summed E-state index contributed by atoms with van der Waals surface area (Å²) in [5.41, 5.74) is 0. The fourth-order valence-corrected chi connectivity index (χ4v) is 2.28. The largest absolute Gasteiger partial charge is 0.356 e. The minimum Gasteiger partial charge on any atom is -0.356 e. The first kappa shape index (κ1) is 9.97. The lowest BCUT2D eigenvalue weighted by molar-refractivity contribution is 0.568. The zero-order chi connectivity index (χ0) is 9.97. The number of aromatic nitrogens is 1. The van der Waals surface area contributed by atoms with E-state index in [4.69, 9.17) is 0 Å². The molecule has 1 aliphatic rings. The molecule has 0 radical (unpaired) electrons. The Bertz CT molecular complexity index is 314. The Morgan fingerprint density at radius 2 is 2.43 bits per heavy atom. The number of rotatable bonds is 2. The van der Waals surface area contributed by atoms with Crippen LogP contribution in [0, 0.1) is 5.92 Å². The summed E-state index contributed by atoms with van der Waals surface area (Å²) in [4.78, 5) is 6.84. The first-order valence-electron chi connectivity index (χ1n) is 5.17. The summed E-state index contributed by atoms with van der Waals surface area (Å²) in [6.45, 7) is 4.59. The quantitative estimate of drug-likeness (QED) is 0.755. The molecule has 1 aliphatic heterocycles. The lowest BCUT2D eigenvalue weighted by Gasteiger charge is -2.17. The topological polar surface area (TPSA) is 16.1 Å². The molecule has 1 fully saturated rings. The Labute approximate surface area is 93.5 Å². The molecule has 3 heteroatoms. The third-order valence-electron chi connectivity index (χ3n) is 2.89. The van der Waals surface area contributed by atoms with Crippen LogP contribution >= 0.6 is 15.9 Å². The van der Waals surface area contributed by atoms with Crippen molar-refractivity contribution in [2.45, 2.75) is 19.8 Å². The monoisotopic (exact) mass is 254 g/mol. The van der Waals surface area contributed by atoms with Gasteiger partial charge in [-0.2, -0.15) is 0 Å². The minimum absolute atomic E-state index is 0.857. The van der Waals surface area contributed by atoms with Crippen LogP contribution in [0.4, 0.5) is 5.82 Å². The van der Waals surface area contributed by atoms with E-state index < -0.39 is 0 Å². The molecule has 2 heterocycles. The summed E-state index contributed by atoms with van der Waals surface area (Å²) >= 11 is 3.40. The molecule has 1 aromatic heterocycles. The number of halogens is 1. The van der Waals surface area contributed by atoms with Crippen molar-refractivity contribution in [2.24, 2.45) is 5.92 Å². The summed E-state index contributed by atoms with van der Waals surface area (Å²) < 4.78 is 0.926. The van der Waals surface area contributed by atoms with Crippen LogP contribution in [0.25, 0.3) is 0 Å². The van der Waals surface area contributed by atoms with Crippen molar-refractivity contribution in [1.29, 1.82) is 0 Å². The van der Waals surface area contributed by atoms with Crippen LogP contribution in [0.2, 0.25) is 0 Å². The van der Waals surface area contributed by atoms with Crippen LogP contribution < -0.4 is 4.90 Å². The van der Waals surface area contributed by atoms with Crippen LogP contribution in [0.5, 0.6) is 0 Å². The maximum Gasteiger partial charge on any atom is 0.129 e. The van der Waals surface area contributed by atoms with Crippen molar-refractivity contribution in [2.75, 3.05) is 18.0 Å². The van der Waals surface area contributed by atoms with Gasteiger partial charge in [0.15, 0.2) is 0 Å². The summed E-state index contributed by atoms with van der Waals surface area (Å²) in [6, 6.07) is 6.10. The van der Waals surface area contributed by atoms with Gasteiger partial charge in [-0.25, -0.2) is 4.98 Å². The fourth-order valence-electron chi connectivity index (χ4n) is 1.95. The highest BCUT2D eigenvalue weighted by Crippen LogP contribution is 2.24. The van der Waals surface area contributed by atoms with E-state index in [0.29, 0.717) is 0 Å². The highest BCUT2D eigenvalue weighted by atomic mass is 79.9. The van der Waals surface area contributed by atoms with Gasteiger partial charge in [-0.15, -0.1) is 0 Å². The molecule has 1 saturated heterocycles. The first-order valence-corrected chi connectivity index (χ1v) is 5.96. The Kier molecular flexibility index (Phi) is 3.06. The second kappa shape index (κ2) is 4.30. The predicted molar refractivity (Wildman–Crippen MR) is 62.5 cm³/mol. The maximum absolute atomic E-state index is 4.47. The number of hydrogen-bond donors (Lipinski definition) is 0. The summed E-state index contributed by atoms with van der Waals surface area (Å²) in [6.07, 6.45) is 2.59. The molecule has 0 N–H and O–H groups in total. The van der Waals surface area contributed by atoms with E-state index >= 15 is 0 Å². The molecule has 76 valence electrons. The van der Waals surface area contributed by atoms with Crippen molar-refractivity contribution in [3.63, 3.8) is 0 Å². The summed E-state index contributed by atoms with van der Waals surface area (Å²) in [5.74, 6) is 1.96. The number of pyridine rings is 1. The molecule has 14 heavy (non-hydrogen) atoms. The molecule has 2 rings (SSSR count). The first-order chi connectivity index (χ1) is 6.79.